The van der Waals surface area contributed by atoms with Gasteiger partial charge in [-0.25, -0.2) is 23.9 Å². The summed E-state index contributed by atoms with van der Waals surface area (Å²) in [5.74, 6) is -0.122. The maximum Gasteiger partial charge on any atom is 0.414 e. The molecular formula is C22H22FN9O3. The number of hydrogen-bond donors (Lipinski definition) is 1. The Morgan fingerprint density at radius 2 is 2.11 bits per heavy atom. The van der Waals surface area contributed by atoms with Gasteiger partial charge in [0.15, 0.2) is 0 Å². The van der Waals surface area contributed by atoms with Crippen LogP contribution in [-0.4, -0.2) is 75.6 Å². The number of nitrogens with two attached hydrogens (primary N) is 1. The number of hydrogen-bond acceptors (Lipinski definition) is 9. The number of halogens is 1. The van der Waals surface area contributed by atoms with Gasteiger partial charge in [-0.1, -0.05) is 5.21 Å². The molecule has 2 aliphatic heterocycles. The van der Waals surface area contributed by atoms with Crippen LogP contribution in [0.25, 0.3) is 11.1 Å². The summed E-state index contributed by atoms with van der Waals surface area (Å²) in [5, 5.41) is 13.0. The Morgan fingerprint density at radius 1 is 1.23 bits per heavy atom. The molecule has 12 nitrogen and oxygen atoms in total. The van der Waals surface area contributed by atoms with Crippen molar-refractivity contribution in [2.24, 2.45) is 10.8 Å². The molecule has 2 aliphatic rings. The van der Waals surface area contributed by atoms with Crippen LogP contribution in [0.15, 0.2) is 54.0 Å². The first kappa shape index (κ1) is 22.4. The molecule has 2 aromatic heterocycles. The summed E-state index contributed by atoms with van der Waals surface area (Å²) in [6.07, 6.45) is 5.35. The van der Waals surface area contributed by atoms with Crippen molar-refractivity contribution in [3.8, 4) is 11.1 Å². The van der Waals surface area contributed by atoms with Gasteiger partial charge in [-0.05, 0) is 30.3 Å². The van der Waals surface area contributed by atoms with E-state index in [0.717, 1.165) is 0 Å². The summed E-state index contributed by atoms with van der Waals surface area (Å²) in [4.78, 5) is 31.6. The first-order chi connectivity index (χ1) is 17.0. The highest BCUT2D eigenvalue weighted by Gasteiger charge is 2.33. The molecule has 4 heterocycles. The first-order valence-electron chi connectivity index (χ1n) is 10.9. The number of hydrazone groups is 1. The molecule has 1 aromatic carbocycles. The largest absolute Gasteiger partial charge is 0.442 e. The molecule has 0 bridgehead atoms. The second-order valence-corrected chi connectivity index (χ2v) is 7.96. The first-order valence-corrected chi connectivity index (χ1v) is 10.9. The highest BCUT2D eigenvalue weighted by atomic mass is 19.1. The van der Waals surface area contributed by atoms with E-state index in [1.165, 1.54) is 22.3 Å². The van der Waals surface area contributed by atoms with Crippen molar-refractivity contribution in [1.29, 1.82) is 0 Å². The Balaban J connectivity index is 1.27. The Kier molecular flexibility index (Phi) is 6.06. The quantitative estimate of drug-likeness (QED) is 0.554. The number of ether oxygens (including phenoxy) is 1. The highest BCUT2D eigenvalue weighted by Crippen LogP contribution is 2.29. The number of cyclic esters (lactones) is 1. The van der Waals surface area contributed by atoms with Crippen molar-refractivity contribution in [3.63, 3.8) is 0 Å². The van der Waals surface area contributed by atoms with Crippen LogP contribution in [0.4, 0.5) is 20.7 Å². The molecule has 0 saturated carbocycles. The fourth-order valence-electron chi connectivity index (χ4n) is 3.90. The van der Waals surface area contributed by atoms with E-state index in [1.54, 1.807) is 52.4 Å². The Bertz CT molecular complexity index is 1250. The van der Waals surface area contributed by atoms with Gasteiger partial charge in [-0.15, -0.1) is 5.10 Å². The number of anilines is 2. The molecule has 35 heavy (non-hydrogen) atoms. The second-order valence-electron chi connectivity index (χ2n) is 7.96. The monoisotopic (exact) mass is 479 g/mol. The Hall–Kier alpha value is -4.39. The molecule has 1 fully saturated rings. The van der Waals surface area contributed by atoms with Crippen LogP contribution in [0.5, 0.6) is 0 Å². The average molecular weight is 479 g/mol. The number of amides is 2. The van der Waals surface area contributed by atoms with Gasteiger partial charge in [0.2, 0.25) is 0 Å². The summed E-state index contributed by atoms with van der Waals surface area (Å²) in [5.41, 5.74) is 6.70. The summed E-state index contributed by atoms with van der Waals surface area (Å²) in [6.45, 7) is 1.44. The van der Waals surface area contributed by atoms with Gasteiger partial charge in [0.25, 0.3) is 5.91 Å². The lowest BCUT2D eigenvalue weighted by Gasteiger charge is -2.27. The van der Waals surface area contributed by atoms with Crippen LogP contribution in [0.3, 0.4) is 0 Å². The van der Waals surface area contributed by atoms with E-state index >= 15 is 4.39 Å². The molecule has 5 rings (SSSR count). The van der Waals surface area contributed by atoms with E-state index in [-0.39, 0.29) is 19.0 Å². The lowest BCUT2D eigenvalue weighted by Crippen LogP contribution is -2.43. The van der Waals surface area contributed by atoms with Crippen molar-refractivity contribution in [2.75, 3.05) is 36.0 Å². The number of carbonyl (C=O) groups is 2. The number of nitrogens with zero attached hydrogens (tertiary/aromatic N) is 8. The molecule has 1 atom stereocenters. The summed E-state index contributed by atoms with van der Waals surface area (Å²) >= 11 is 0. The average Bonchev–Trinajstić information content (AvgIpc) is 3.53. The van der Waals surface area contributed by atoms with E-state index < -0.39 is 18.0 Å². The van der Waals surface area contributed by atoms with Gasteiger partial charge < -0.3 is 15.4 Å². The van der Waals surface area contributed by atoms with Gasteiger partial charge in [0.1, 0.15) is 24.1 Å². The molecule has 0 radical (unpaired) electrons. The number of rotatable bonds is 6. The SMILES string of the molecule is NCC(=O)N1CCN(c2ccc(-c3ccc(N4C[C@H](Cn5ccnn5)OC4=O)cc3F)cn2)C=N1. The van der Waals surface area contributed by atoms with Crippen molar-refractivity contribution >= 4 is 29.8 Å². The smallest absolute Gasteiger partial charge is 0.414 e. The second kappa shape index (κ2) is 9.46. The molecular weight excluding hydrogens is 457 g/mol. The minimum atomic E-state index is -0.539. The molecule has 2 amide bonds. The molecule has 0 aliphatic carbocycles. The van der Waals surface area contributed by atoms with Gasteiger partial charge in [-0.3, -0.25) is 9.69 Å². The summed E-state index contributed by atoms with van der Waals surface area (Å²) < 4.78 is 22.0. The number of carbonyl (C=O) groups excluding carboxylic acids is 2. The van der Waals surface area contributed by atoms with E-state index in [0.29, 0.717) is 42.3 Å². The number of benzene rings is 1. The zero-order chi connectivity index (χ0) is 24.4. The van der Waals surface area contributed by atoms with E-state index in [2.05, 4.69) is 20.4 Å². The van der Waals surface area contributed by atoms with Crippen molar-refractivity contribution in [1.82, 2.24) is 25.0 Å². The highest BCUT2D eigenvalue weighted by molar-refractivity contribution is 5.90. The lowest BCUT2D eigenvalue weighted by molar-refractivity contribution is -0.129. The maximum absolute atomic E-state index is 15.0. The fraction of sp³-hybridized carbons (Fsp3) is 0.273. The van der Waals surface area contributed by atoms with Crippen LogP contribution in [0.2, 0.25) is 0 Å². The predicted molar refractivity (Wildman–Crippen MR) is 124 cm³/mol. The molecule has 1 saturated heterocycles. The van der Waals surface area contributed by atoms with Crippen LogP contribution >= 0.6 is 0 Å². The molecule has 180 valence electrons. The Morgan fingerprint density at radius 3 is 2.77 bits per heavy atom. The van der Waals surface area contributed by atoms with E-state index in [9.17, 15) is 9.59 Å². The van der Waals surface area contributed by atoms with Crippen molar-refractivity contribution in [2.45, 2.75) is 12.6 Å². The molecule has 0 unspecified atom stereocenters. The van der Waals surface area contributed by atoms with Crippen molar-refractivity contribution in [3.05, 3.63) is 54.7 Å². The zero-order valence-corrected chi connectivity index (χ0v) is 18.6. The standard InChI is InChI=1S/C22H22FN9O3/c23-19-9-16(31-13-17(35-22(31)34)12-30-6-5-26-28-30)2-3-18(19)15-1-4-20(25-11-15)29-7-8-32(27-14-29)21(33)10-24/h1-6,9,11,14,17H,7-8,10,12-13,24H2/t17-/m0/s1. The number of aromatic nitrogens is 4. The van der Waals surface area contributed by atoms with Crippen LogP contribution in [0.1, 0.15) is 0 Å². The van der Waals surface area contributed by atoms with E-state index in [4.69, 9.17) is 10.5 Å². The minimum absolute atomic E-state index is 0.100. The third-order valence-corrected chi connectivity index (χ3v) is 5.70. The Labute approximate surface area is 199 Å². The predicted octanol–water partition coefficient (Wildman–Crippen LogP) is 1.06. The van der Waals surface area contributed by atoms with Crippen LogP contribution in [-0.2, 0) is 16.1 Å². The van der Waals surface area contributed by atoms with E-state index in [1.807, 2.05) is 0 Å². The summed E-state index contributed by atoms with van der Waals surface area (Å²) in [6, 6.07) is 8.10. The normalized spacial score (nSPS) is 17.7. The minimum Gasteiger partial charge on any atom is -0.442 e. The third-order valence-electron chi connectivity index (χ3n) is 5.70. The molecule has 0 spiro atoms. The zero-order valence-electron chi connectivity index (χ0n) is 18.6. The number of pyridine rings is 1. The van der Waals surface area contributed by atoms with Gasteiger partial charge in [0.05, 0.1) is 38.1 Å². The van der Waals surface area contributed by atoms with Gasteiger partial charge in [0, 0.05) is 30.1 Å². The third kappa shape index (κ3) is 4.66. The fourth-order valence-corrected chi connectivity index (χ4v) is 3.90. The van der Waals surface area contributed by atoms with Crippen LogP contribution in [0, 0.1) is 5.82 Å². The molecule has 2 N–H and O–H groups in total. The van der Waals surface area contributed by atoms with Gasteiger partial charge >= 0.3 is 6.09 Å². The van der Waals surface area contributed by atoms with Crippen molar-refractivity contribution < 1.29 is 18.7 Å². The molecule has 13 heteroatoms. The summed E-state index contributed by atoms with van der Waals surface area (Å²) in [7, 11) is 0. The topological polar surface area (TPSA) is 135 Å². The lowest BCUT2D eigenvalue weighted by atomic mass is 10.1. The van der Waals surface area contributed by atoms with Gasteiger partial charge in [-0.2, -0.15) is 5.10 Å². The molecule has 3 aromatic rings. The van der Waals surface area contributed by atoms with Crippen LogP contribution < -0.4 is 15.5 Å². The maximum atomic E-state index is 15.0.